The lowest BCUT2D eigenvalue weighted by Gasteiger charge is -2.40. The van der Waals surface area contributed by atoms with Crippen molar-refractivity contribution in [3.63, 3.8) is 0 Å². The zero-order chi connectivity index (χ0) is 10.4. The van der Waals surface area contributed by atoms with E-state index in [1.807, 2.05) is 0 Å². The predicted molar refractivity (Wildman–Crippen MR) is 55.8 cm³/mol. The van der Waals surface area contributed by atoms with Crippen LogP contribution in [0.1, 0.15) is 25.7 Å². The summed E-state index contributed by atoms with van der Waals surface area (Å²) in [5.41, 5.74) is 5.89. The van der Waals surface area contributed by atoms with Gasteiger partial charge in [-0.3, -0.25) is 0 Å². The molecule has 1 atom stereocenters. The van der Waals surface area contributed by atoms with Crippen molar-refractivity contribution in [3.05, 3.63) is 0 Å². The van der Waals surface area contributed by atoms with Crippen LogP contribution < -0.4 is 5.73 Å². The summed E-state index contributed by atoms with van der Waals surface area (Å²) in [6.07, 6.45) is 8.50. The molecule has 80 valence electrons. The maximum Gasteiger partial charge on any atom is 0.0872 e. The zero-order valence-electron chi connectivity index (χ0n) is 8.79. The van der Waals surface area contributed by atoms with E-state index in [2.05, 4.69) is 5.92 Å². The molecule has 0 aromatic rings. The first kappa shape index (κ1) is 11.5. The van der Waals surface area contributed by atoms with Gasteiger partial charge in [-0.05, 0) is 6.42 Å². The molecule has 0 amide bonds. The van der Waals surface area contributed by atoms with E-state index in [1.54, 1.807) is 7.11 Å². The molecule has 0 aliphatic carbocycles. The number of hydrogen-bond donors (Lipinski definition) is 1. The maximum absolute atomic E-state index is 6.10. The Balaban J connectivity index is 2.53. The van der Waals surface area contributed by atoms with Gasteiger partial charge in [0, 0.05) is 45.6 Å². The topological polar surface area (TPSA) is 44.5 Å². The minimum Gasteiger partial charge on any atom is -0.381 e. The molecular formula is C11H19NO2. The quantitative estimate of drug-likeness (QED) is 0.682. The second-order valence-corrected chi connectivity index (χ2v) is 3.73. The van der Waals surface area contributed by atoms with Gasteiger partial charge in [-0.15, -0.1) is 12.3 Å². The van der Waals surface area contributed by atoms with E-state index < -0.39 is 0 Å². The van der Waals surface area contributed by atoms with Crippen molar-refractivity contribution in [2.75, 3.05) is 20.3 Å². The van der Waals surface area contributed by atoms with Crippen molar-refractivity contribution in [3.8, 4) is 12.3 Å². The number of rotatable bonds is 4. The molecule has 3 heteroatoms. The SMILES string of the molecule is C#CCCC(N)C1(OC)CCOCC1. The Bertz CT molecular complexity index is 204. The Labute approximate surface area is 85.9 Å². The van der Waals surface area contributed by atoms with Crippen molar-refractivity contribution in [1.82, 2.24) is 0 Å². The van der Waals surface area contributed by atoms with Gasteiger partial charge in [-0.2, -0.15) is 0 Å². The smallest absolute Gasteiger partial charge is 0.0872 e. The fraction of sp³-hybridized carbons (Fsp3) is 0.818. The van der Waals surface area contributed by atoms with Crippen molar-refractivity contribution < 1.29 is 9.47 Å². The van der Waals surface area contributed by atoms with E-state index in [9.17, 15) is 0 Å². The molecule has 1 unspecified atom stereocenters. The molecule has 0 aromatic carbocycles. The Kier molecular flexibility index (Phi) is 4.40. The molecular weight excluding hydrogens is 178 g/mol. The second kappa shape index (κ2) is 5.35. The fourth-order valence-corrected chi connectivity index (χ4v) is 1.95. The van der Waals surface area contributed by atoms with Crippen LogP contribution >= 0.6 is 0 Å². The van der Waals surface area contributed by atoms with Gasteiger partial charge in [0.1, 0.15) is 0 Å². The van der Waals surface area contributed by atoms with Gasteiger partial charge in [-0.25, -0.2) is 0 Å². The standard InChI is InChI=1S/C11H19NO2/c1-3-4-5-10(12)11(13-2)6-8-14-9-7-11/h1,10H,4-9,12H2,2H3. The van der Waals surface area contributed by atoms with Gasteiger partial charge >= 0.3 is 0 Å². The fourth-order valence-electron chi connectivity index (χ4n) is 1.95. The number of methoxy groups -OCH3 is 1. The highest BCUT2D eigenvalue weighted by atomic mass is 16.5. The average molecular weight is 197 g/mol. The van der Waals surface area contributed by atoms with Gasteiger partial charge in [0.25, 0.3) is 0 Å². The Morgan fingerprint density at radius 1 is 1.57 bits per heavy atom. The van der Waals surface area contributed by atoms with E-state index in [1.165, 1.54) is 0 Å². The van der Waals surface area contributed by atoms with Crippen LogP contribution in [0.15, 0.2) is 0 Å². The van der Waals surface area contributed by atoms with Crippen LogP contribution in [0.4, 0.5) is 0 Å². The normalized spacial score (nSPS) is 22.6. The lowest BCUT2D eigenvalue weighted by molar-refractivity contribution is -0.104. The third kappa shape index (κ3) is 2.48. The van der Waals surface area contributed by atoms with E-state index in [-0.39, 0.29) is 11.6 Å². The van der Waals surface area contributed by atoms with Crippen LogP contribution in [-0.2, 0) is 9.47 Å². The minimum absolute atomic E-state index is 0.0208. The van der Waals surface area contributed by atoms with Crippen molar-refractivity contribution >= 4 is 0 Å². The van der Waals surface area contributed by atoms with Crippen LogP contribution in [0.2, 0.25) is 0 Å². The van der Waals surface area contributed by atoms with Crippen LogP contribution in [0, 0.1) is 12.3 Å². The molecule has 1 heterocycles. The first-order valence-corrected chi connectivity index (χ1v) is 5.07. The predicted octanol–water partition coefficient (Wildman–Crippen LogP) is 0.923. The van der Waals surface area contributed by atoms with Gasteiger partial charge in [0.2, 0.25) is 0 Å². The molecule has 0 aromatic heterocycles. The molecule has 14 heavy (non-hydrogen) atoms. The Morgan fingerprint density at radius 3 is 2.71 bits per heavy atom. The first-order chi connectivity index (χ1) is 6.75. The highest BCUT2D eigenvalue weighted by Crippen LogP contribution is 2.29. The second-order valence-electron chi connectivity index (χ2n) is 3.73. The van der Waals surface area contributed by atoms with Crippen molar-refractivity contribution in [2.45, 2.75) is 37.3 Å². The molecule has 0 bridgehead atoms. The van der Waals surface area contributed by atoms with E-state index in [4.69, 9.17) is 21.6 Å². The van der Waals surface area contributed by atoms with Gasteiger partial charge in [0.05, 0.1) is 5.60 Å². The Hall–Kier alpha value is -0.560. The molecule has 2 N–H and O–H groups in total. The van der Waals surface area contributed by atoms with E-state index >= 15 is 0 Å². The number of ether oxygens (including phenoxy) is 2. The summed E-state index contributed by atoms with van der Waals surface area (Å²) >= 11 is 0. The van der Waals surface area contributed by atoms with Crippen molar-refractivity contribution in [1.29, 1.82) is 0 Å². The van der Waals surface area contributed by atoms with E-state index in [0.717, 1.165) is 32.5 Å². The highest BCUT2D eigenvalue weighted by molar-refractivity contribution is 4.95. The monoisotopic (exact) mass is 197 g/mol. The average Bonchev–Trinajstić information content (AvgIpc) is 2.26. The van der Waals surface area contributed by atoms with E-state index in [0.29, 0.717) is 6.42 Å². The molecule has 3 nitrogen and oxygen atoms in total. The maximum atomic E-state index is 6.10. The minimum atomic E-state index is -0.213. The van der Waals surface area contributed by atoms with Crippen LogP contribution in [0.3, 0.4) is 0 Å². The number of nitrogens with two attached hydrogens (primary N) is 1. The summed E-state index contributed by atoms with van der Waals surface area (Å²) in [5.74, 6) is 2.61. The summed E-state index contributed by atoms with van der Waals surface area (Å²) < 4.78 is 10.9. The Morgan fingerprint density at radius 2 is 2.21 bits per heavy atom. The van der Waals surface area contributed by atoms with Gasteiger partial charge in [0.15, 0.2) is 0 Å². The molecule has 0 saturated carbocycles. The molecule has 0 spiro atoms. The molecule has 1 saturated heterocycles. The van der Waals surface area contributed by atoms with Gasteiger partial charge < -0.3 is 15.2 Å². The number of hydrogen-bond acceptors (Lipinski definition) is 3. The molecule has 1 fully saturated rings. The third-order valence-corrected chi connectivity index (χ3v) is 3.02. The van der Waals surface area contributed by atoms with Crippen molar-refractivity contribution in [2.24, 2.45) is 5.73 Å². The first-order valence-electron chi connectivity index (χ1n) is 5.07. The summed E-state index contributed by atoms with van der Waals surface area (Å²) in [4.78, 5) is 0. The lowest BCUT2D eigenvalue weighted by atomic mass is 9.84. The summed E-state index contributed by atoms with van der Waals surface area (Å²) in [5, 5.41) is 0. The lowest BCUT2D eigenvalue weighted by Crippen LogP contribution is -2.52. The zero-order valence-corrected chi connectivity index (χ0v) is 8.79. The molecule has 1 aliphatic rings. The number of terminal acetylenes is 1. The van der Waals surface area contributed by atoms with Crippen LogP contribution in [-0.4, -0.2) is 32.0 Å². The van der Waals surface area contributed by atoms with Crippen LogP contribution in [0.5, 0.6) is 0 Å². The summed E-state index contributed by atoms with van der Waals surface area (Å²) in [7, 11) is 1.72. The molecule has 0 radical (unpaired) electrons. The molecule has 1 rings (SSSR count). The largest absolute Gasteiger partial charge is 0.381 e. The van der Waals surface area contributed by atoms with Gasteiger partial charge in [-0.1, -0.05) is 0 Å². The highest BCUT2D eigenvalue weighted by Gasteiger charge is 2.38. The summed E-state index contributed by atoms with van der Waals surface area (Å²) in [6, 6.07) is 0.0208. The molecule has 1 aliphatic heterocycles. The summed E-state index contributed by atoms with van der Waals surface area (Å²) in [6.45, 7) is 1.47. The van der Waals surface area contributed by atoms with Crippen LogP contribution in [0.25, 0.3) is 0 Å². The third-order valence-electron chi connectivity index (χ3n) is 3.02.